The van der Waals surface area contributed by atoms with Crippen LogP contribution in [0.1, 0.15) is 20.8 Å². The first-order valence-corrected chi connectivity index (χ1v) is 12.6. The molecule has 2 aromatic rings. The van der Waals surface area contributed by atoms with Crippen LogP contribution in [0.2, 0.25) is 0 Å². The minimum absolute atomic E-state index is 0.172. The van der Waals surface area contributed by atoms with E-state index in [1.165, 1.54) is 31.3 Å². The Morgan fingerprint density at radius 2 is 1.72 bits per heavy atom. The fraction of sp³-hybridized carbons (Fsp3) is 0.375. The van der Waals surface area contributed by atoms with Crippen LogP contribution >= 0.6 is 11.3 Å². The fourth-order valence-corrected chi connectivity index (χ4v) is 4.64. The molecule has 0 fully saturated rings. The van der Waals surface area contributed by atoms with Crippen LogP contribution in [0.25, 0.3) is 0 Å². The van der Waals surface area contributed by atoms with Crippen molar-refractivity contribution in [1.82, 2.24) is 15.1 Å². The number of rotatable bonds is 7. The number of anilines is 2. The van der Waals surface area contributed by atoms with Crippen LogP contribution in [0.5, 0.6) is 0 Å². The predicted octanol–water partition coefficient (Wildman–Crippen LogP) is 0.792. The zero-order valence-corrected chi connectivity index (χ0v) is 20.0. The molecule has 16 heteroatoms. The Hall–Kier alpha value is -2.82. The highest BCUT2D eigenvalue weighted by molar-refractivity contribution is 7.93. The molecule has 0 unspecified atom stereocenters. The van der Waals surface area contributed by atoms with Gasteiger partial charge in [0.1, 0.15) is 12.1 Å². The van der Waals surface area contributed by atoms with Gasteiger partial charge < -0.3 is 15.0 Å². The van der Waals surface area contributed by atoms with E-state index in [1.807, 2.05) is 0 Å². The molecular formula is C16H22N6O7S3. The molecule has 0 aliphatic rings. The third-order valence-electron chi connectivity index (χ3n) is 3.41. The van der Waals surface area contributed by atoms with Gasteiger partial charge in [0, 0.05) is 12.7 Å². The number of amides is 2. The molecule has 0 saturated carbocycles. The monoisotopic (exact) mass is 506 g/mol. The van der Waals surface area contributed by atoms with Gasteiger partial charge in [-0.2, -0.15) is 0 Å². The molecule has 4 N–H and O–H groups in total. The zero-order valence-electron chi connectivity index (χ0n) is 17.5. The highest BCUT2D eigenvalue weighted by Crippen LogP contribution is 2.23. The van der Waals surface area contributed by atoms with Crippen LogP contribution in [0.4, 0.5) is 15.6 Å². The summed E-state index contributed by atoms with van der Waals surface area (Å²) in [6.45, 7) is 4.83. The summed E-state index contributed by atoms with van der Waals surface area (Å²) in [6.07, 6.45) is -0.664. The number of hydrogen-bond acceptors (Lipinski definition) is 10. The Balaban J connectivity index is 2.00. The molecule has 32 heavy (non-hydrogen) atoms. The highest BCUT2D eigenvalue weighted by Gasteiger charge is 2.22. The molecule has 1 aromatic carbocycles. The molecule has 0 atom stereocenters. The molecule has 0 saturated heterocycles. The average Bonchev–Trinajstić information content (AvgIpc) is 3.08. The van der Waals surface area contributed by atoms with Crippen molar-refractivity contribution in [1.29, 1.82) is 0 Å². The van der Waals surface area contributed by atoms with Crippen molar-refractivity contribution in [3.8, 4) is 0 Å². The summed E-state index contributed by atoms with van der Waals surface area (Å²) >= 11 is 0.459. The number of carbonyl (C=O) groups excluding carboxylic acids is 2. The summed E-state index contributed by atoms with van der Waals surface area (Å²) in [7, 11) is -6.80. The van der Waals surface area contributed by atoms with Crippen molar-refractivity contribution in [3.05, 3.63) is 24.3 Å². The minimum Gasteiger partial charge on any atom is -0.444 e. The molecule has 1 heterocycles. The number of nitrogens with one attached hydrogen (secondary N) is 2. The van der Waals surface area contributed by atoms with E-state index in [-0.39, 0.29) is 16.6 Å². The van der Waals surface area contributed by atoms with Gasteiger partial charge >= 0.3 is 6.09 Å². The maximum atomic E-state index is 12.4. The number of nitrogens with zero attached hydrogens (tertiary/aromatic N) is 3. The van der Waals surface area contributed by atoms with E-state index in [1.54, 1.807) is 20.8 Å². The Morgan fingerprint density at radius 3 is 2.22 bits per heavy atom. The second-order valence-electron chi connectivity index (χ2n) is 7.43. The molecule has 0 aliphatic carbocycles. The molecular weight excluding hydrogens is 484 g/mol. The second-order valence-corrected chi connectivity index (χ2v) is 11.8. The molecule has 0 aliphatic heterocycles. The normalized spacial score (nSPS) is 12.2. The lowest BCUT2D eigenvalue weighted by atomic mass is 10.2. The maximum absolute atomic E-state index is 12.4. The van der Waals surface area contributed by atoms with Gasteiger partial charge in [-0.15, -0.1) is 10.2 Å². The van der Waals surface area contributed by atoms with Gasteiger partial charge in [0.25, 0.3) is 20.0 Å². The van der Waals surface area contributed by atoms with E-state index in [2.05, 4.69) is 20.2 Å². The van der Waals surface area contributed by atoms with Crippen molar-refractivity contribution in [2.45, 2.75) is 35.6 Å². The van der Waals surface area contributed by atoms with E-state index in [4.69, 9.17) is 9.88 Å². The number of ether oxygens (including phenoxy) is 1. The maximum Gasteiger partial charge on any atom is 0.410 e. The molecule has 0 spiro atoms. The topological polar surface area (TPSA) is 191 Å². The first-order valence-electron chi connectivity index (χ1n) is 8.80. The van der Waals surface area contributed by atoms with Gasteiger partial charge in [0.15, 0.2) is 0 Å². The number of hydrogen-bond donors (Lipinski definition) is 3. The van der Waals surface area contributed by atoms with Gasteiger partial charge in [0.2, 0.25) is 15.4 Å². The van der Waals surface area contributed by atoms with Crippen LogP contribution < -0.4 is 15.2 Å². The number of nitrogens with two attached hydrogens (primary N) is 1. The zero-order chi connectivity index (χ0) is 24.3. The predicted molar refractivity (Wildman–Crippen MR) is 116 cm³/mol. The van der Waals surface area contributed by atoms with Crippen LogP contribution in [0, 0.1) is 0 Å². The van der Waals surface area contributed by atoms with Crippen molar-refractivity contribution in [2.24, 2.45) is 5.14 Å². The summed E-state index contributed by atoms with van der Waals surface area (Å²) in [5.74, 6) is -0.517. The Kier molecular flexibility index (Phi) is 7.44. The van der Waals surface area contributed by atoms with Gasteiger partial charge in [0.05, 0.1) is 4.90 Å². The minimum atomic E-state index is -4.11. The van der Waals surface area contributed by atoms with E-state index < -0.39 is 42.0 Å². The molecule has 13 nitrogen and oxygen atoms in total. The Labute approximate surface area is 189 Å². The average molecular weight is 507 g/mol. The lowest BCUT2D eigenvalue weighted by Crippen LogP contribution is -2.38. The molecule has 176 valence electrons. The lowest BCUT2D eigenvalue weighted by Gasteiger charge is -2.24. The van der Waals surface area contributed by atoms with Crippen LogP contribution in [-0.4, -0.2) is 63.1 Å². The Bertz CT molecular complexity index is 1200. The van der Waals surface area contributed by atoms with E-state index >= 15 is 0 Å². The number of sulfonamides is 2. The van der Waals surface area contributed by atoms with Crippen molar-refractivity contribution in [3.63, 3.8) is 0 Å². The SMILES string of the molecule is CN(CC(=O)Nc1ccc(S(=O)(=O)Nc2nnc(S(N)(=O)=O)s2)cc1)C(=O)OC(C)(C)C. The third-order valence-corrected chi connectivity index (χ3v) is 7.04. The standard InChI is InChI=1S/C16H22N6O7S3/c1-16(2,3)29-15(24)22(4)9-12(23)18-10-5-7-11(8-6-10)32(27,28)21-13-19-20-14(30-13)31(17,25)26/h5-8H,9H2,1-4H3,(H,18,23)(H,19,21)(H2,17,25,26). The van der Waals surface area contributed by atoms with Crippen LogP contribution in [-0.2, 0) is 29.6 Å². The molecule has 0 radical (unpaired) electrons. The number of benzene rings is 1. The molecule has 2 rings (SSSR count). The number of likely N-dealkylation sites (N-methyl/N-ethyl adjacent to an activating group) is 1. The van der Waals surface area contributed by atoms with E-state index in [0.29, 0.717) is 17.0 Å². The third kappa shape index (κ3) is 7.40. The number of primary sulfonamides is 1. The van der Waals surface area contributed by atoms with E-state index in [9.17, 15) is 26.4 Å². The summed E-state index contributed by atoms with van der Waals surface area (Å²) in [4.78, 5) is 25.0. The van der Waals surface area contributed by atoms with Gasteiger partial charge in [-0.05, 0) is 45.0 Å². The Morgan fingerprint density at radius 1 is 1.12 bits per heavy atom. The lowest BCUT2D eigenvalue weighted by molar-refractivity contribution is -0.117. The summed E-state index contributed by atoms with van der Waals surface area (Å²) < 4.78 is 54.0. The van der Waals surface area contributed by atoms with Crippen molar-refractivity contribution < 1.29 is 31.2 Å². The fourth-order valence-electron chi connectivity index (χ4n) is 2.08. The largest absolute Gasteiger partial charge is 0.444 e. The summed E-state index contributed by atoms with van der Waals surface area (Å²) in [5.41, 5.74) is -0.412. The first-order chi connectivity index (χ1) is 14.6. The molecule has 2 amide bonds. The smallest absolute Gasteiger partial charge is 0.410 e. The number of aromatic nitrogens is 2. The summed E-state index contributed by atoms with van der Waals surface area (Å²) in [5, 5.41) is 13.9. The van der Waals surface area contributed by atoms with Gasteiger partial charge in [-0.1, -0.05) is 11.3 Å². The van der Waals surface area contributed by atoms with Crippen molar-refractivity contribution in [2.75, 3.05) is 23.6 Å². The first kappa shape index (κ1) is 25.4. The number of carbonyl (C=O) groups is 2. The second kappa shape index (κ2) is 9.35. The van der Waals surface area contributed by atoms with Crippen LogP contribution in [0.15, 0.2) is 33.5 Å². The van der Waals surface area contributed by atoms with E-state index in [0.717, 1.165) is 4.90 Å². The van der Waals surface area contributed by atoms with Crippen molar-refractivity contribution >= 4 is 54.2 Å². The van der Waals surface area contributed by atoms with Gasteiger partial charge in [-0.3, -0.25) is 9.52 Å². The highest BCUT2D eigenvalue weighted by atomic mass is 32.2. The van der Waals surface area contributed by atoms with Crippen LogP contribution in [0.3, 0.4) is 0 Å². The quantitative estimate of drug-likeness (QED) is 0.487. The summed E-state index contributed by atoms with van der Waals surface area (Å²) in [6, 6.07) is 5.12. The van der Waals surface area contributed by atoms with Gasteiger partial charge in [-0.25, -0.2) is 26.8 Å². The molecule has 0 bridgehead atoms. The molecule has 1 aromatic heterocycles.